The maximum atomic E-state index is 10.8. The molecule has 0 aliphatic carbocycles. The van der Waals surface area contributed by atoms with E-state index in [1.807, 2.05) is 0 Å². The maximum absolute atomic E-state index is 10.8. The Balaban J connectivity index is 3.65. The van der Waals surface area contributed by atoms with E-state index >= 15 is 0 Å². The average Bonchev–Trinajstić information content (AvgIpc) is 1.91. The number of esters is 1. The highest BCUT2D eigenvalue weighted by Crippen LogP contribution is 1.85. The number of carbonyl (C=O) groups excluding carboxylic acids is 1. The van der Waals surface area contributed by atoms with Gasteiger partial charge in [-0.3, -0.25) is 4.79 Å². The molecule has 0 bridgehead atoms. The Morgan fingerprint density at radius 3 is 2.70 bits per heavy atom. The first-order chi connectivity index (χ1) is 4.76. The van der Waals surface area contributed by atoms with Crippen molar-refractivity contribution in [1.29, 1.82) is 0 Å². The van der Waals surface area contributed by atoms with Crippen molar-refractivity contribution < 1.29 is 14.6 Å². The lowest BCUT2D eigenvalue weighted by Crippen LogP contribution is -2.38. The molecule has 0 spiro atoms. The second-order valence-corrected chi connectivity index (χ2v) is 1.78. The Hall–Kier alpha value is -0.610. The van der Waals surface area contributed by atoms with Crippen LogP contribution in [0.1, 0.15) is 6.92 Å². The predicted molar refractivity (Wildman–Crippen MR) is 36.6 cm³/mol. The summed E-state index contributed by atoms with van der Waals surface area (Å²) in [6, 6.07) is -0.583. The van der Waals surface area contributed by atoms with E-state index in [9.17, 15) is 4.79 Å². The first-order valence-electron chi connectivity index (χ1n) is 3.21. The van der Waals surface area contributed by atoms with E-state index in [0.717, 1.165) is 0 Å². The Morgan fingerprint density at radius 2 is 2.40 bits per heavy atom. The van der Waals surface area contributed by atoms with Crippen LogP contribution in [0.4, 0.5) is 0 Å². The first kappa shape index (κ1) is 9.39. The molecule has 0 saturated carbocycles. The normalized spacial score (nSPS) is 12.7. The first-order valence-corrected chi connectivity index (χ1v) is 3.21. The molecule has 0 saturated heterocycles. The lowest BCUT2D eigenvalue weighted by molar-refractivity contribution is -0.146. The van der Waals surface area contributed by atoms with Gasteiger partial charge in [-0.05, 0) is 14.0 Å². The Kier molecular flexibility index (Phi) is 4.88. The second kappa shape index (κ2) is 5.20. The summed E-state index contributed by atoms with van der Waals surface area (Å²) >= 11 is 0. The summed E-state index contributed by atoms with van der Waals surface area (Å²) in [4.78, 5) is 10.8. The fourth-order valence-electron chi connectivity index (χ4n) is 0.527. The fourth-order valence-corrected chi connectivity index (χ4v) is 0.527. The van der Waals surface area contributed by atoms with E-state index in [0.29, 0.717) is 6.61 Å². The van der Waals surface area contributed by atoms with Crippen LogP contribution in [0.15, 0.2) is 0 Å². The standard InChI is InChI=1S/C6H13NO3/c1-3-10-6(9)5(4-8)7-2/h5,7-8H,3-4H2,1-2H3. The summed E-state index contributed by atoms with van der Waals surface area (Å²) in [5.74, 6) is -0.410. The van der Waals surface area contributed by atoms with Crippen LogP contribution < -0.4 is 5.32 Å². The highest BCUT2D eigenvalue weighted by atomic mass is 16.5. The molecule has 0 aromatic heterocycles. The van der Waals surface area contributed by atoms with Crippen LogP contribution in [-0.4, -0.2) is 37.4 Å². The van der Waals surface area contributed by atoms with Gasteiger partial charge in [0.25, 0.3) is 0 Å². The van der Waals surface area contributed by atoms with Crippen molar-refractivity contribution in [2.75, 3.05) is 20.3 Å². The third kappa shape index (κ3) is 2.80. The molecule has 0 rings (SSSR count). The average molecular weight is 147 g/mol. The van der Waals surface area contributed by atoms with Crippen molar-refractivity contribution >= 4 is 5.97 Å². The van der Waals surface area contributed by atoms with E-state index in [-0.39, 0.29) is 6.61 Å². The minimum absolute atomic E-state index is 0.227. The summed E-state index contributed by atoms with van der Waals surface area (Å²) in [5, 5.41) is 11.2. The van der Waals surface area contributed by atoms with Gasteiger partial charge in [0.05, 0.1) is 13.2 Å². The number of hydrogen-bond acceptors (Lipinski definition) is 4. The maximum Gasteiger partial charge on any atom is 0.325 e. The van der Waals surface area contributed by atoms with Crippen molar-refractivity contribution in [3.63, 3.8) is 0 Å². The highest BCUT2D eigenvalue weighted by molar-refractivity contribution is 5.75. The van der Waals surface area contributed by atoms with Crippen LogP contribution in [0.2, 0.25) is 0 Å². The second-order valence-electron chi connectivity index (χ2n) is 1.78. The van der Waals surface area contributed by atoms with Crippen molar-refractivity contribution in [3.05, 3.63) is 0 Å². The zero-order valence-electron chi connectivity index (χ0n) is 6.26. The van der Waals surface area contributed by atoms with Crippen molar-refractivity contribution in [3.8, 4) is 0 Å². The largest absolute Gasteiger partial charge is 0.465 e. The van der Waals surface area contributed by atoms with Crippen LogP contribution >= 0.6 is 0 Å². The van der Waals surface area contributed by atoms with Crippen molar-refractivity contribution in [2.24, 2.45) is 0 Å². The number of carbonyl (C=O) groups is 1. The SMILES string of the molecule is CCOC(=O)C(CO)NC. The van der Waals surface area contributed by atoms with Crippen molar-refractivity contribution in [1.82, 2.24) is 5.32 Å². The molecule has 0 aromatic carbocycles. The molecule has 1 unspecified atom stereocenters. The molecule has 2 N–H and O–H groups in total. The number of likely N-dealkylation sites (N-methyl/N-ethyl adjacent to an activating group) is 1. The van der Waals surface area contributed by atoms with Gasteiger partial charge in [-0.25, -0.2) is 0 Å². The molecule has 4 heteroatoms. The summed E-state index contributed by atoms with van der Waals surface area (Å²) in [5.41, 5.74) is 0. The smallest absolute Gasteiger partial charge is 0.325 e. The molecular weight excluding hydrogens is 134 g/mol. The van der Waals surface area contributed by atoms with E-state index in [2.05, 4.69) is 10.1 Å². The van der Waals surface area contributed by atoms with Gasteiger partial charge in [-0.2, -0.15) is 0 Å². The summed E-state index contributed by atoms with van der Waals surface area (Å²) in [7, 11) is 1.60. The molecule has 10 heavy (non-hydrogen) atoms. The molecule has 0 aliphatic rings. The molecule has 0 radical (unpaired) electrons. The molecule has 0 amide bonds. The van der Waals surface area contributed by atoms with Crippen molar-refractivity contribution in [2.45, 2.75) is 13.0 Å². The quantitative estimate of drug-likeness (QED) is 0.507. The van der Waals surface area contributed by atoms with Crippen LogP contribution in [0, 0.1) is 0 Å². The Labute approximate surface area is 60.2 Å². The van der Waals surface area contributed by atoms with Gasteiger partial charge in [0.1, 0.15) is 6.04 Å². The third-order valence-electron chi connectivity index (χ3n) is 1.10. The molecule has 0 heterocycles. The topological polar surface area (TPSA) is 58.6 Å². The van der Waals surface area contributed by atoms with E-state index in [1.54, 1.807) is 14.0 Å². The van der Waals surface area contributed by atoms with E-state index < -0.39 is 12.0 Å². The number of ether oxygens (including phenoxy) is 1. The number of aliphatic hydroxyl groups is 1. The highest BCUT2D eigenvalue weighted by Gasteiger charge is 2.14. The summed E-state index contributed by atoms with van der Waals surface area (Å²) in [6.07, 6.45) is 0. The van der Waals surface area contributed by atoms with Crippen LogP contribution in [0.5, 0.6) is 0 Å². The zero-order valence-corrected chi connectivity index (χ0v) is 6.26. The van der Waals surface area contributed by atoms with E-state index in [4.69, 9.17) is 5.11 Å². The van der Waals surface area contributed by atoms with Crippen LogP contribution in [0.3, 0.4) is 0 Å². The molecule has 0 fully saturated rings. The molecule has 60 valence electrons. The monoisotopic (exact) mass is 147 g/mol. The summed E-state index contributed by atoms with van der Waals surface area (Å²) in [6.45, 7) is 1.84. The molecular formula is C6H13NO3. The summed E-state index contributed by atoms with van der Waals surface area (Å²) < 4.78 is 4.62. The predicted octanol–water partition coefficient (Wildman–Crippen LogP) is -0.870. The third-order valence-corrected chi connectivity index (χ3v) is 1.10. The number of aliphatic hydroxyl groups excluding tert-OH is 1. The number of hydrogen-bond donors (Lipinski definition) is 2. The van der Waals surface area contributed by atoms with Gasteiger partial charge >= 0.3 is 5.97 Å². The fraction of sp³-hybridized carbons (Fsp3) is 0.833. The van der Waals surface area contributed by atoms with E-state index in [1.165, 1.54) is 0 Å². The lowest BCUT2D eigenvalue weighted by Gasteiger charge is -2.10. The van der Waals surface area contributed by atoms with Gasteiger partial charge in [0.2, 0.25) is 0 Å². The Bertz CT molecular complexity index is 101. The zero-order chi connectivity index (χ0) is 7.98. The lowest BCUT2D eigenvalue weighted by atomic mass is 10.3. The van der Waals surface area contributed by atoms with Crippen LogP contribution in [-0.2, 0) is 9.53 Å². The van der Waals surface area contributed by atoms with Gasteiger partial charge < -0.3 is 15.2 Å². The Morgan fingerprint density at radius 1 is 1.80 bits per heavy atom. The van der Waals surface area contributed by atoms with Crippen LogP contribution in [0.25, 0.3) is 0 Å². The van der Waals surface area contributed by atoms with Gasteiger partial charge in [0, 0.05) is 0 Å². The minimum Gasteiger partial charge on any atom is -0.465 e. The minimum atomic E-state index is -0.583. The van der Waals surface area contributed by atoms with Gasteiger partial charge in [-0.15, -0.1) is 0 Å². The molecule has 1 atom stereocenters. The molecule has 0 aromatic rings. The molecule has 4 nitrogen and oxygen atoms in total. The number of rotatable bonds is 4. The number of nitrogens with one attached hydrogen (secondary N) is 1. The van der Waals surface area contributed by atoms with Gasteiger partial charge in [0.15, 0.2) is 0 Å². The molecule has 0 aliphatic heterocycles. The van der Waals surface area contributed by atoms with Gasteiger partial charge in [-0.1, -0.05) is 0 Å².